The van der Waals surface area contributed by atoms with Crippen LogP contribution in [-0.2, 0) is 5.41 Å². The summed E-state index contributed by atoms with van der Waals surface area (Å²) in [7, 11) is 0. The van der Waals surface area contributed by atoms with Gasteiger partial charge in [0, 0.05) is 33.0 Å². The molecule has 0 spiro atoms. The van der Waals surface area contributed by atoms with E-state index < -0.39 is 0 Å². The third kappa shape index (κ3) is 6.05. The van der Waals surface area contributed by atoms with Crippen molar-refractivity contribution in [2.24, 2.45) is 9.98 Å². The van der Waals surface area contributed by atoms with Gasteiger partial charge in [0.15, 0.2) is 5.84 Å². The Hall–Kier alpha value is -7.36. The first-order chi connectivity index (χ1) is 29.5. The molecule has 3 heteroatoms. The van der Waals surface area contributed by atoms with E-state index in [0.29, 0.717) is 0 Å². The predicted molar refractivity (Wildman–Crippen MR) is 252 cm³/mol. The normalized spacial score (nSPS) is 14.5. The van der Waals surface area contributed by atoms with E-state index in [1.165, 1.54) is 60.8 Å². The van der Waals surface area contributed by atoms with Crippen LogP contribution in [0.25, 0.3) is 66.6 Å². The number of allylic oxidation sites excluding steroid dienone is 1. The molecule has 0 unspecified atom stereocenters. The van der Waals surface area contributed by atoms with Crippen LogP contribution < -0.4 is 0 Å². The maximum atomic E-state index is 5.32. The molecular formula is C57H43N3. The lowest BCUT2D eigenvalue weighted by atomic mass is 9.82. The van der Waals surface area contributed by atoms with Crippen molar-refractivity contribution in [1.29, 1.82) is 0 Å². The average molecular weight is 770 g/mol. The first kappa shape index (κ1) is 35.8. The van der Waals surface area contributed by atoms with Crippen LogP contribution in [0.15, 0.2) is 210 Å². The topological polar surface area (TPSA) is 29.6 Å². The van der Waals surface area contributed by atoms with Crippen molar-refractivity contribution in [3.8, 4) is 39.1 Å². The highest BCUT2D eigenvalue weighted by Crippen LogP contribution is 2.50. The number of hydrogen-bond donors (Lipinski definition) is 0. The predicted octanol–water partition coefficient (Wildman–Crippen LogP) is 14.5. The number of rotatable bonds is 6. The van der Waals surface area contributed by atoms with Crippen molar-refractivity contribution in [3.63, 3.8) is 0 Å². The zero-order valence-electron chi connectivity index (χ0n) is 33.8. The van der Waals surface area contributed by atoms with Crippen molar-refractivity contribution >= 4 is 39.1 Å². The number of nitrogens with zero attached hydrogens (tertiary/aromatic N) is 3. The molecule has 0 N–H and O–H groups in total. The van der Waals surface area contributed by atoms with E-state index in [1.807, 2.05) is 6.07 Å². The minimum atomic E-state index is -0.0281. The van der Waals surface area contributed by atoms with E-state index in [2.05, 4.69) is 213 Å². The summed E-state index contributed by atoms with van der Waals surface area (Å²) in [6.07, 6.45) is 3.95. The Balaban J connectivity index is 1.07. The zero-order chi connectivity index (χ0) is 40.2. The summed E-state index contributed by atoms with van der Waals surface area (Å²) in [5.74, 6) is 0.727. The molecular weight excluding hydrogens is 727 g/mol. The molecule has 0 fully saturated rings. The molecule has 0 bridgehead atoms. The van der Waals surface area contributed by atoms with Gasteiger partial charge in [0.2, 0.25) is 0 Å². The lowest BCUT2D eigenvalue weighted by Crippen LogP contribution is -2.14. The standard InChI is InChI=1S/C57H43N3/c1-57(2)49-27-13-12-25-46(49)47-36-40(31-33-50(47)57)41-32-34-53-48(37-41)55-45(26-15-30-54(55)60(53)44-23-10-5-11-24-44)42-21-14-22-43(35-42)52-29-16-28-51(38-17-6-3-7-18-38)58-56(59-52)39-19-8-4-9-20-39/h3-15,17-27,29-37H,16,28H2,1-2H3. The molecule has 8 aromatic carbocycles. The van der Waals surface area contributed by atoms with Gasteiger partial charge in [-0.2, -0.15) is 0 Å². The fourth-order valence-corrected chi connectivity index (χ4v) is 9.54. The molecule has 0 saturated carbocycles. The van der Waals surface area contributed by atoms with Gasteiger partial charge >= 0.3 is 0 Å². The number of fused-ring (bicyclic) bond motifs is 6. The Bertz CT molecular complexity index is 3200. The minimum Gasteiger partial charge on any atom is -0.309 e. The van der Waals surface area contributed by atoms with E-state index in [4.69, 9.17) is 9.98 Å². The Morgan fingerprint density at radius 3 is 1.90 bits per heavy atom. The molecule has 9 aromatic rings. The van der Waals surface area contributed by atoms with Crippen molar-refractivity contribution in [3.05, 3.63) is 228 Å². The quantitative estimate of drug-likeness (QED) is 0.161. The van der Waals surface area contributed by atoms with Crippen LogP contribution in [0.5, 0.6) is 0 Å². The van der Waals surface area contributed by atoms with E-state index in [-0.39, 0.29) is 5.41 Å². The van der Waals surface area contributed by atoms with Crippen LogP contribution >= 0.6 is 0 Å². The summed E-state index contributed by atoms with van der Waals surface area (Å²) in [5.41, 5.74) is 18.9. The van der Waals surface area contributed by atoms with Gasteiger partial charge in [-0.05, 0) is 105 Å². The smallest absolute Gasteiger partial charge is 0.160 e. The molecule has 1 aliphatic carbocycles. The van der Waals surface area contributed by atoms with Crippen molar-refractivity contribution in [2.45, 2.75) is 32.1 Å². The Morgan fingerprint density at radius 1 is 0.450 bits per heavy atom. The summed E-state index contributed by atoms with van der Waals surface area (Å²) in [6, 6.07) is 70.2. The van der Waals surface area contributed by atoms with Gasteiger partial charge in [-0.3, -0.25) is 0 Å². The first-order valence-corrected chi connectivity index (χ1v) is 21.0. The molecule has 2 aliphatic rings. The fourth-order valence-electron chi connectivity index (χ4n) is 9.54. The second-order valence-electron chi connectivity index (χ2n) is 16.5. The summed E-state index contributed by atoms with van der Waals surface area (Å²) in [5, 5.41) is 2.46. The van der Waals surface area contributed by atoms with Crippen LogP contribution in [0.1, 0.15) is 54.5 Å². The number of aromatic nitrogens is 1. The Labute approximate surface area is 351 Å². The van der Waals surface area contributed by atoms with Crippen LogP contribution in [-0.4, -0.2) is 16.1 Å². The van der Waals surface area contributed by atoms with Gasteiger partial charge in [0.05, 0.1) is 22.4 Å². The SMILES string of the molecule is CC1(C)c2ccccc2-c2cc(-c3ccc4c(c3)c3c(-c5cccc(C6=CCCC(c7ccccc7)=NC(c7ccccc7)=N6)c5)cccc3n4-c3ccccc3)ccc21. The second kappa shape index (κ2) is 14.5. The monoisotopic (exact) mass is 769 g/mol. The average Bonchev–Trinajstić information content (AvgIpc) is 3.75. The van der Waals surface area contributed by atoms with Gasteiger partial charge in [0.1, 0.15) is 0 Å². The molecule has 60 heavy (non-hydrogen) atoms. The third-order valence-electron chi connectivity index (χ3n) is 12.5. The van der Waals surface area contributed by atoms with E-state index in [1.54, 1.807) is 0 Å². The van der Waals surface area contributed by atoms with Crippen molar-refractivity contribution < 1.29 is 0 Å². The Kier molecular flexibility index (Phi) is 8.63. The van der Waals surface area contributed by atoms with E-state index >= 15 is 0 Å². The minimum absolute atomic E-state index is 0.0281. The molecule has 0 saturated heterocycles. The van der Waals surface area contributed by atoms with Gasteiger partial charge in [0.25, 0.3) is 0 Å². The first-order valence-electron chi connectivity index (χ1n) is 21.0. The number of benzene rings is 8. The second-order valence-corrected chi connectivity index (χ2v) is 16.5. The molecule has 3 nitrogen and oxygen atoms in total. The van der Waals surface area contributed by atoms with Crippen LogP contribution in [0, 0.1) is 0 Å². The number of amidine groups is 1. The molecule has 0 radical (unpaired) electrons. The zero-order valence-corrected chi connectivity index (χ0v) is 33.8. The van der Waals surface area contributed by atoms with Crippen molar-refractivity contribution in [2.75, 3.05) is 0 Å². The fraction of sp³-hybridized carbons (Fsp3) is 0.0877. The molecule has 1 aliphatic heterocycles. The lowest BCUT2D eigenvalue weighted by molar-refractivity contribution is 0.660. The van der Waals surface area contributed by atoms with Crippen LogP contribution in [0.3, 0.4) is 0 Å². The van der Waals surface area contributed by atoms with E-state index in [9.17, 15) is 0 Å². The van der Waals surface area contributed by atoms with Crippen LogP contribution in [0.2, 0.25) is 0 Å². The molecule has 1 aromatic heterocycles. The molecule has 0 amide bonds. The maximum Gasteiger partial charge on any atom is 0.160 e. The highest BCUT2D eigenvalue weighted by molar-refractivity contribution is 6.17. The highest BCUT2D eigenvalue weighted by Gasteiger charge is 2.35. The number of para-hydroxylation sites is 1. The largest absolute Gasteiger partial charge is 0.309 e. The van der Waals surface area contributed by atoms with Crippen molar-refractivity contribution in [1.82, 2.24) is 4.57 Å². The van der Waals surface area contributed by atoms with E-state index in [0.717, 1.165) is 58.0 Å². The summed E-state index contributed by atoms with van der Waals surface area (Å²) in [4.78, 5) is 10.6. The summed E-state index contributed by atoms with van der Waals surface area (Å²) >= 11 is 0. The summed E-state index contributed by atoms with van der Waals surface area (Å²) in [6.45, 7) is 4.69. The maximum absolute atomic E-state index is 5.32. The lowest BCUT2D eigenvalue weighted by Gasteiger charge is -2.21. The molecule has 2 heterocycles. The van der Waals surface area contributed by atoms with Gasteiger partial charge in [-0.1, -0.05) is 172 Å². The van der Waals surface area contributed by atoms with Gasteiger partial charge in [-0.15, -0.1) is 0 Å². The molecule has 0 atom stereocenters. The number of hydrogen-bond acceptors (Lipinski definition) is 2. The molecule has 286 valence electrons. The van der Waals surface area contributed by atoms with Gasteiger partial charge in [-0.25, -0.2) is 9.98 Å². The third-order valence-corrected chi connectivity index (χ3v) is 12.5. The number of aliphatic imine (C=N–C) groups is 2. The van der Waals surface area contributed by atoms with Gasteiger partial charge < -0.3 is 4.57 Å². The highest BCUT2D eigenvalue weighted by atomic mass is 15.0. The molecule has 11 rings (SSSR count). The summed E-state index contributed by atoms with van der Waals surface area (Å²) < 4.78 is 2.42. The van der Waals surface area contributed by atoms with Crippen LogP contribution in [0.4, 0.5) is 0 Å². The Morgan fingerprint density at radius 2 is 1.08 bits per heavy atom.